The van der Waals surface area contributed by atoms with Gasteiger partial charge < -0.3 is 5.48 Å². The van der Waals surface area contributed by atoms with Crippen LogP contribution >= 0.6 is 9.24 Å². The third-order valence-electron chi connectivity index (χ3n) is 0. The summed E-state index contributed by atoms with van der Waals surface area (Å²) in [5, 5.41) is 0. The largest absolute Gasteiger partial charge is 0.412 e. The summed E-state index contributed by atoms with van der Waals surface area (Å²) in [5.41, 5.74) is 0. The van der Waals surface area contributed by atoms with Crippen LogP contribution in [0.3, 0.4) is 0 Å². The van der Waals surface area contributed by atoms with Crippen LogP contribution in [0, 0.1) is 0 Å². The average Bonchev–Trinajstić information content (AvgIpc) is 0.918. The second-order valence-corrected chi connectivity index (χ2v) is 1.22. The lowest BCUT2D eigenvalue weighted by Crippen LogP contribution is -1.33. The summed E-state index contributed by atoms with van der Waals surface area (Å²) in [6.07, 6.45) is 1.17. The van der Waals surface area contributed by atoms with Crippen molar-refractivity contribution in [2.75, 3.05) is 6.16 Å². The van der Waals surface area contributed by atoms with Crippen molar-refractivity contribution in [2.45, 2.75) is 6.92 Å². The Morgan fingerprint density at radius 1 is 1.75 bits per heavy atom. The smallest absolute Gasteiger partial charge is 0.0410 e. The lowest BCUT2D eigenvalue weighted by atomic mass is 11.0. The molecule has 0 radical (unpaired) electrons. The molecule has 0 rings (SSSR count). The molecule has 0 bridgehead atoms. The van der Waals surface area contributed by atoms with E-state index < -0.39 is 0 Å². The molecule has 4 heavy (non-hydrogen) atoms. The minimum atomic E-state index is 0. The van der Waals surface area contributed by atoms with Crippen molar-refractivity contribution in [1.82, 2.24) is 0 Å². The molecule has 0 aliphatic rings. The van der Waals surface area contributed by atoms with Gasteiger partial charge in [0.25, 0.3) is 0 Å². The molecule has 28 valence electrons. The lowest BCUT2D eigenvalue weighted by molar-refractivity contribution is 0.824. The molecule has 0 saturated heterocycles. The fraction of sp³-hybridized carbons (Fsp3) is 1.00. The summed E-state index contributed by atoms with van der Waals surface area (Å²) in [6.45, 7) is 2.09. The van der Waals surface area contributed by atoms with Crippen LogP contribution in [0.2, 0.25) is 0 Å². The van der Waals surface area contributed by atoms with Crippen molar-refractivity contribution in [3.8, 4) is 0 Å². The van der Waals surface area contributed by atoms with E-state index in [1.807, 2.05) is 0 Å². The second-order valence-electron chi connectivity index (χ2n) is 0.408. The van der Waals surface area contributed by atoms with E-state index in [1.54, 1.807) is 0 Å². The highest BCUT2D eigenvalue weighted by Gasteiger charge is 1.35. The normalized spacial score (nSPS) is 4.50. The quantitative estimate of drug-likeness (QED) is 0.368. The zero-order chi connectivity index (χ0) is 2.71. The molecule has 0 aromatic carbocycles. The van der Waals surface area contributed by atoms with Crippen LogP contribution in [0.5, 0.6) is 0 Å². The van der Waals surface area contributed by atoms with Crippen molar-refractivity contribution in [2.24, 2.45) is 0 Å². The van der Waals surface area contributed by atoms with E-state index in [2.05, 4.69) is 16.2 Å². The van der Waals surface area contributed by atoms with Crippen molar-refractivity contribution in [3.63, 3.8) is 0 Å². The van der Waals surface area contributed by atoms with Gasteiger partial charge in [0.05, 0.1) is 0 Å². The van der Waals surface area contributed by atoms with E-state index in [4.69, 9.17) is 0 Å². The van der Waals surface area contributed by atoms with Gasteiger partial charge in [-0.05, 0) is 6.16 Å². The van der Waals surface area contributed by atoms with Gasteiger partial charge in [0.1, 0.15) is 0 Å². The maximum atomic E-state index is 2.58. The zero-order valence-corrected chi connectivity index (χ0v) is 3.94. The monoisotopic (exact) mass is 80.0 g/mol. The van der Waals surface area contributed by atoms with Crippen molar-refractivity contribution in [3.05, 3.63) is 0 Å². The van der Waals surface area contributed by atoms with Crippen molar-refractivity contribution >= 4 is 9.24 Å². The van der Waals surface area contributed by atoms with E-state index in [9.17, 15) is 0 Å². The molecule has 0 spiro atoms. The van der Waals surface area contributed by atoms with Gasteiger partial charge in [-0.2, -0.15) is 0 Å². The number of hydrogen-bond donors (Lipinski definition) is 0. The molecule has 2 heteroatoms. The molecule has 1 atom stereocenters. The molecule has 1 unspecified atom stereocenters. The second kappa shape index (κ2) is 10.0. The highest BCUT2D eigenvalue weighted by Crippen LogP contribution is 1.68. The van der Waals surface area contributed by atoms with E-state index in [1.165, 1.54) is 6.16 Å². The van der Waals surface area contributed by atoms with Crippen LogP contribution in [0.1, 0.15) is 6.92 Å². The van der Waals surface area contributed by atoms with E-state index in [0.29, 0.717) is 0 Å². The minimum Gasteiger partial charge on any atom is -0.412 e. The number of hydrogen-bond acceptors (Lipinski definition) is 0. The van der Waals surface area contributed by atoms with Gasteiger partial charge >= 0.3 is 0 Å². The van der Waals surface area contributed by atoms with Crippen molar-refractivity contribution < 1.29 is 5.48 Å². The first-order valence-corrected chi connectivity index (χ1v) is 1.93. The fourth-order valence-corrected chi connectivity index (χ4v) is 0. The number of rotatable bonds is 0. The Morgan fingerprint density at radius 2 is 1.75 bits per heavy atom. The third-order valence-corrected chi connectivity index (χ3v) is 0. The lowest BCUT2D eigenvalue weighted by Gasteiger charge is -1.48. The molecule has 0 amide bonds. The fourth-order valence-electron chi connectivity index (χ4n) is 0. The molecule has 0 fully saturated rings. The molecule has 0 aromatic rings. The van der Waals surface area contributed by atoms with Crippen LogP contribution in [-0.4, -0.2) is 11.6 Å². The Balaban J connectivity index is 0. The van der Waals surface area contributed by atoms with E-state index in [0.717, 1.165) is 0 Å². The molecule has 0 saturated carbocycles. The molecular weight excluding hydrogens is 71.0 g/mol. The first kappa shape index (κ1) is 8.83. The summed E-state index contributed by atoms with van der Waals surface area (Å²) in [7, 11) is 2.58. The Hall–Kier alpha value is 0.390. The molecular formula is C2H9OP. The topological polar surface area (TPSA) is 31.5 Å². The van der Waals surface area contributed by atoms with Gasteiger partial charge in [0.15, 0.2) is 0 Å². The molecule has 2 N–H and O–H groups in total. The molecule has 0 heterocycles. The van der Waals surface area contributed by atoms with Crippen LogP contribution < -0.4 is 0 Å². The predicted molar refractivity (Wildman–Crippen MR) is 23.9 cm³/mol. The maximum Gasteiger partial charge on any atom is -0.0410 e. The Kier molecular flexibility index (Phi) is 22.1. The summed E-state index contributed by atoms with van der Waals surface area (Å²) < 4.78 is 0. The SMILES string of the molecule is CCP.O. The first-order valence-electron chi connectivity index (χ1n) is 1.12. The molecule has 0 aliphatic heterocycles. The van der Waals surface area contributed by atoms with Crippen LogP contribution in [0.25, 0.3) is 0 Å². The van der Waals surface area contributed by atoms with E-state index >= 15 is 0 Å². The minimum absolute atomic E-state index is 0. The van der Waals surface area contributed by atoms with Crippen LogP contribution in [-0.2, 0) is 0 Å². The van der Waals surface area contributed by atoms with Crippen LogP contribution in [0.4, 0.5) is 0 Å². The van der Waals surface area contributed by atoms with E-state index in [-0.39, 0.29) is 5.48 Å². The summed E-state index contributed by atoms with van der Waals surface area (Å²) in [5.74, 6) is 0. The zero-order valence-electron chi connectivity index (χ0n) is 2.78. The van der Waals surface area contributed by atoms with Gasteiger partial charge in [0.2, 0.25) is 0 Å². The Bertz CT molecular complexity index is 6.00. The predicted octanol–water partition coefficient (Wildman–Crippen LogP) is 0.0567. The maximum absolute atomic E-state index is 2.58. The highest BCUT2D eigenvalue weighted by molar-refractivity contribution is 7.16. The van der Waals surface area contributed by atoms with Crippen molar-refractivity contribution in [1.29, 1.82) is 0 Å². The molecule has 0 aromatic heterocycles. The highest BCUT2D eigenvalue weighted by atomic mass is 31.0. The average molecular weight is 80.1 g/mol. The Morgan fingerprint density at radius 3 is 1.75 bits per heavy atom. The standard InChI is InChI=1S/C2H7P.H2O/c1-2-3;/h2-3H2,1H3;1H2. The molecule has 0 aliphatic carbocycles. The summed E-state index contributed by atoms with van der Waals surface area (Å²) in [4.78, 5) is 0. The van der Waals surface area contributed by atoms with Gasteiger partial charge in [-0.15, -0.1) is 9.24 Å². The van der Waals surface area contributed by atoms with Crippen LogP contribution in [0.15, 0.2) is 0 Å². The molecule has 1 nitrogen and oxygen atoms in total. The van der Waals surface area contributed by atoms with Gasteiger partial charge in [-0.1, -0.05) is 6.92 Å². The first-order chi connectivity index (χ1) is 1.41. The third kappa shape index (κ3) is 30.4. The summed E-state index contributed by atoms with van der Waals surface area (Å²) in [6, 6.07) is 0. The Labute approximate surface area is 28.9 Å². The van der Waals surface area contributed by atoms with Gasteiger partial charge in [-0.25, -0.2) is 0 Å². The van der Waals surface area contributed by atoms with Gasteiger partial charge in [0, 0.05) is 0 Å². The van der Waals surface area contributed by atoms with Gasteiger partial charge in [-0.3, -0.25) is 0 Å². The summed E-state index contributed by atoms with van der Waals surface area (Å²) >= 11 is 0.